The molecule has 1 aromatic carbocycles. The minimum atomic E-state index is -0.447. The highest BCUT2D eigenvalue weighted by molar-refractivity contribution is 6.33. The Morgan fingerprint density at radius 2 is 2.00 bits per heavy atom. The fourth-order valence-electron chi connectivity index (χ4n) is 3.15. The molecule has 1 saturated heterocycles. The predicted octanol–water partition coefficient (Wildman–Crippen LogP) is 3.21. The second-order valence-corrected chi connectivity index (χ2v) is 6.69. The lowest BCUT2D eigenvalue weighted by Gasteiger charge is -2.25. The molecule has 1 fully saturated rings. The number of morpholine rings is 1. The molecule has 2 aromatic heterocycles. The van der Waals surface area contributed by atoms with Gasteiger partial charge in [-0.1, -0.05) is 23.7 Å². The van der Waals surface area contributed by atoms with Crippen LogP contribution in [0.2, 0.25) is 5.02 Å². The van der Waals surface area contributed by atoms with Crippen molar-refractivity contribution >= 4 is 28.7 Å². The van der Waals surface area contributed by atoms with Crippen LogP contribution in [0.1, 0.15) is 16.3 Å². The van der Waals surface area contributed by atoms with Gasteiger partial charge in [0.2, 0.25) is 5.82 Å². The zero-order valence-corrected chi connectivity index (χ0v) is 15.2. The van der Waals surface area contributed by atoms with Gasteiger partial charge in [-0.05, 0) is 24.3 Å². The third kappa shape index (κ3) is 3.66. The van der Waals surface area contributed by atoms with Gasteiger partial charge in [-0.15, -0.1) is 0 Å². The summed E-state index contributed by atoms with van der Waals surface area (Å²) < 4.78 is 21.3. The number of imidazole rings is 1. The number of carbonyl (C=O) groups is 1. The van der Waals surface area contributed by atoms with Crippen LogP contribution in [-0.2, 0) is 11.3 Å². The molecule has 4 rings (SSSR count). The normalized spacial score (nSPS) is 15.2. The first kappa shape index (κ1) is 17.9. The maximum atomic E-state index is 14.5. The highest BCUT2D eigenvalue weighted by atomic mass is 35.5. The van der Waals surface area contributed by atoms with Crippen molar-refractivity contribution in [3.05, 3.63) is 65.0 Å². The third-order valence-corrected chi connectivity index (χ3v) is 4.82. The molecular weight excluding hydrogens is 371 g/mol. The number of pyridine rings is 1. The summed E-state index contributed by atoms with van der Waals surface area (Å²) in [5, 5.41) is 3.17. The zero-order chi connectivity index (χ0) is 18.8. The van der Waals surface area contributed by atoms with Gasteiger partial charge in [0.05, 0.1) is 29.6 Å². The van der Waals surface area contributed by atoms with Crippen molar-refractivity contribution in [2.24, 2.45) is 0 Å². The number of hydrogen-bond acceptors (Lipinski definition) is 4. The summed E-state index contributed by atoms with van der Waals surface area (Å²) in [6.45, 7) is 3.21. The molecular formula is C19H18ClFN4O2. The van der Waals surface area contributed by atoms with E-state index >= 15 is 0 Å². The van der Waals surface area contributed by atoms with Gasteiger partial charge >= 0.3 is 0 Å². The molecule has 1 amide bonds. The first-order valence-corrected chi connectivity index (χ1v) is 9.02. The molecule has 8 heteroatoms. The Morgan fingerprint density at radius 3 is 2.78 bits per heavy atom. The number of rotatable bonds is 4. The number of carbonyl (C=O) groups excluding carboxylic acids is 1. The molecule has 0 unspecified atom stereocenters. The number of hydrogen-bond donors (Lipinski definition) is 1. The van der Waals surface area contributed by atoms with Crippen LogP contribution in [0.25, 0.3) is 5.52 Å². The number of amides is 1. The van der Waals surface area contributed by atoms with Crippen molar-refractivity contribution in [1.82, 2.24) is 14.3 Å². The van der Waals surface area contributed by atoms with Gasteiger partial charge in [-0.2, -0.15) is 0 Å². The van der Waals surface area contributed by atoms with Crippen molar-refractivity contribution in [3.63, 3.8) is 0 Å². The summed E-state index contributed by atoms with van der Waals surface area (Å²) in [5.74, 6) is -0.741. The summed E-state index contributed by atoms with van der Waals surface area (Å²) in [4.78, 5) is 19.4. The van der Waals surface area contributed by atoms with Crippen LogP contribution in [0, 0.1) is 5.82 Å². The molecule has 3 heterocycles. The highest BCUT2D eigenvalue weighted by Crippen LogP contribution is 2.23. The van der Waals surface area contributed by atoms with E-state index in [0.717, 1.165) is 13.1 Å². The topological polar surface area (TPSA) is 58.9 Å². The van der Waals surface area contributed by atoms with Crippen LogP contribution < -0.4 is 5.32 Å². The molecule has 27 heavy (non-hydrogen) atoms. The van der Waals surface area contributed by atoms with E-state index in [1.165, 1.54) is 10.5 Å². The van der Waals surface area contributed by atoms with Gasteiger partial charge in [0, 0.05) is 25.8 Å². The smallest absolute Gasteiger partial charge is 0.292 e. The lowest BCUT2D eigenvalue weighted by molar-refractivity contribution is 0.0338. The second kappa shape index (κ2) is 7.64. The molecule has 0 atom stereocenters. The Labute approximate surface area is 160 Å². The van der Waals surface area contributed by atoms with Gasteiger partial charge < -0.3 is 10.1 Å². The second-order valence-electron chi connectivity index (χ2n) is 6.28. The van der Waals surface area contributed by atoms with Crippen molar-refractivity contribution in [2.45, 2.75) is 6.54 Å². The number of halogens is 2. The molecule has 0 aliphatic carbocycles. The fraction of sp³-hybridized carbons (Fsp3) is 0.263. The monoisotopic (exact) mass is 388 g/mol. The minimum Gasteiger partial charge on any atom is -0.379 e. The van der Waals surface area contributed by atoms with Crippen molar-refractivity contribution in [2.75, 3.05) is 31.6 Å². The van der Waals surface area contributed by atoms with Crippen molar-refractivity contribution in [3.8, 4) is 0 Å². The van der Waals surface area contributed by atoms with E-state index in [-0.39, 0.29) is 5.82 Å². The Balaban J connectivity index is 1.69. The Hall–Kier alpha value is -2.48. The average molecular weight is 389 g/mol. The molecule has 0 spiro atoms. The Kier molecular flexibility index (Phi) is 5.07. The number of ether oxygens (including phenoxy) is 1. The molecule has 1 N–H and O–H groups in total. The van der Waals surface area contributed by atoms with E-state index in [9.17, 15) is 9.18 Å². The van der Waals surface area contributed by atoms with Crippen LogP contribution >= 0.6 is 11.6 Å². The minimum absolute atomic E-state index is 0.118. The molecule has 6 nitrogen and oxygen atoms in total. The maximum Gasteiger partial charge on any atom is 0.292 e. The number of anilines is 1. The summed E-state index contributed by atoms with van der Waals surface area (Å²) in [6.07, 6.45) is 1.63. The first-order valence-electron chi connectivity index (χ1n) is 8.65. The maximum absolute atomic E-state index is 14.5. The SMILES string of the molecule is O=C(Nc1ccccc1Cl)c1nc(CN2CCOCC2)c2c(F)cccn12. The predicted molar refractivity (Wildman–Crippen MR) is 101 cm³/mol. The highest BCUT2D eigenvalue weighted by Gasteiger charge is 2.22. The van der Waals surface area contributed by atoms with E-state index in [0.29, 0.717) is 41.7 Å². The lowest BCUT2D eigenvalue weighted by Crippen LogP contribution is -2.35. The summed E-state index contributed by atoms with van der Waals surface area (Å²) >= 11 is 6.11. The molecule has 0 radical (unpaired) electrons. The van der Waals surface area contributed by atoms with Gasteiger partial charge in [0.15, 0.2) is 0 Å². The van der Waals surface area contributed by atoms with Crippen LogP contribution in [-0.4, -0.2) is 46.5 Å². The molecule has 140 valence electrons. The van der Waals surface area contributed by atoms with E-state index < -0.39 is 11.7 Å². The molecule has 1 aliphatic rings. The fourth-order valence-corrected chi connectivity index (χ4v) is 3.34. The van der Waals surface area contributed by atoms with E-state index in [1.807, 2.05) is 0 Å². The van der Waals surface area contributed by atoms with Gasteiger partial charge in [0.1, 0.15) is 11.3 Å². The van der Waals surface area contributed by atoms with Gasteiger partial charge in [-0.3, -0.25) is 14.1 Å². The Bertz CT molecular complexity index is 985. The average Bonchev–Trinajstić information content (AvgIpc) is 3.04. The molecule has 3 aromatic rings. The van der Waals surface area contributed by atoms with Gasteiger partial charge in [0.25, 0.3) is 5.91 Å². The van der Waals surface area contributed by atoms with Crippen LogP contribution in [0.15, 0.2) is 42.6 Å². The number of aromatic nitrogens is 2. The quantitative estimate of drug-likeness (QED) is 0.745. The van der Waals surface area contributed by atoms with E-state index in [2.05, 4.69) is 15.2 Å². The van der Waals surface area contributed by atoms with E-state index in [4.69, 9.17) is 16.3 Å². The van der Waals surface area contributed by atoms with Crippen LogP contribution in [0.3, 0.4) is 0 Å². The molecule has 1 aliphatic heterocycles. The number of fused-ring (bicyclic) bond motifs is 1. The standard InChI is InChI=1S/C19H18ClFN4O2/c20-13-4-1-2-6-15(13)23-19(26)18-22-16(12-24-8-10-27-11-9-24)17-14(21)5-3-7-25(17)18/h1-7H,8-12H2,(H,23,26). The molecule has 0 saturated carbocycles. The first-order chi connectivity index (χ1) is 13.1. The van der Waals surface area contributed by atoms with Crippen LogP contribution in [0.4, 0.5) is 10.1 Å². The van der Waals surface area contributed by atoms with Crippen molar-refractivity contribution in [1.29, 1.82) is 0 Å². The Morgan fingerprint density at radius 1 is 1.22 bits per heavy atom. The number of benzene rings is 1. The third-order valence-electron chi connectivity index (χ3n) is 4.49. The van der Waals surface area contributed by atoms with Crippen molar-refractivity contribution < 1.29 is 13.9 Å². The summed E-state index contributed by atoms with van der Waals surface area (Å²) in [5.41, 5.74) is 1.32. The lowest BCUT2D eigenvalue weighted by atomic mass is 10.3. The largest absolute Gasteiger partial charge is 0.379 e. The van der Waals surface area contributed by atoms with Gasteiger partial charge in [-0.25, -0.2) is 9.37 Å². The summed E-state index contributed by atoms with van der Waals surface area (Å²) in [7, 11) is 0. The summed E-state index contributed by atoms with van der Waals surface area (Å²) in [6, 6.07) is 9.85. The van der Waals surface area contributed by atoms with Crippen LogP contribution in [0.5, 0.6) is 0 Å². The molecule has 0 bridgehead atoms. The number of para-hydroxylation sites is 1. The number of nitrogens with zero attached hydrogens (tertiary/aromatic N) is 3. The number of nitrogens with one attached hydrogen (secondary N) is 1. The zero-order valence-electron chi connectivity index (χ0n) is 14.5. The van der Waals surface area contributed by atoms with E-state index in [1.54, 1.807) is 36.5 Å².